The first kappa shape index (κ1) is 12.7. The van der Waals surface area contributed by atoms with E-state index in [9.17, 15) is 9.90 Å². The lowest BCUT2D eigenvalue weighted by atomic mass is 9.85. The molecule has 5 heteroatoms. The fourth-order valence-electron chi connectivity index (χ4n) is 1.43. The van der Waals surface area contributed by atoms with Gasteiger partial charge in [-0.25, -0.2) is 4.98 Å². The van der Waals surface area contributed by atoms with E-state index in [1.54, 1.807) is 44.9 Å². The van der Waals surface area contributed by atoms with E-state index in [4.69, 9.17) is 4.74 Å². The zero-order valence-electron chi connectivity index (χ0n) is 10.1. The summed E-state index contributed by atoms with van der Waals surface area (Å²) in [7, 11) is 1.77. The van der Waals surface area contributed by atoms with E-state index in [0.717, 1.165) is 0 Å². The molecule has 0 aliphatic heterocycles. The zero-order chi connectivity index (χ0) is 12.3. The van der Waals surface area contributed by atoms with Crippen LogP contribution >= 0.6 is 0 Å². The number of aromatic nitrogens is 2. The maximum Gasteiger partial charge on any atom is 0.314 e. The minimum atomic E-state index is -0.982. The molecule has 0 amide bonds. The monoisotopic (exact) mass is 226 g/mol. The van der Waals surface area contributed by atoms with Crippen molar-refractivity contribution in [1.29, 1.82) is 0 Å². The molecule has 1 N–H and O–H groups in total. The standard InChI is InChI=1S/C11H18N2O3/c1-5-16-10(15)11(2,3)9(14)8-6-12-7-13(8)4/h6-7,9,14H,5H2,1-4H3. The maximum absolute atomic E-state index is 11.7. The van der Waals surface area contributed by atoms with Crippen LogP contribution in [-0.2, 0) is 16.6 Å². The van der Waals surface area contributed by atoms with Crippen LogP contribution in [0.2, 0.25) is 0 Å². The van der Waals surface area contributed by atoms with Gasteiger partial charge in [-0.1, -0.05) is 0 Å². The number of carbonyl (C=O) groups is 1. The highest BCUT2D eigenvalue weighted by Gasteiger charge is 2.39. The fourth-order valence-corrected chi connectivity index (χ4v) is 1.43. The van der Waals surface area contributed by atoms with Crippen LogP contribution in [0.15, 0.2) is 12.5 Å². The van der Waals surface area contributed by atoms with Crippen LogP contribution in [-0.4, -0.2) is 27.2 Å². The van der Waals surface area contributed by atoms with Gasteiger partial charge in [-0.2, -0.15) is 0 Å². The highest BCUT2D eigenvalue weighted by atomic mass is 16.5. The van der Waals surface area contributed by atoms with Crippen LogP contribution in [0.5, 0.6) is 0 Å². The average molecular weight is 226 g/mol. The molecule has 1 heterocycles. The van der Waals surface area contributed by atoms with E-state index in [1.165, 1.54) is 0 Å². The lowest BCUT2D eigenvalue weighted by Crippen LogP contribution is -2.34. The van der Waals surface area contributed by atoms with Crippen molar-refractivity contribution in [3.63, 3.8) is 0 Å². The molecule has 0 fully saturated rings. The molecule has 0 bridgehead atoms. The molecule has 0 saturated heterocycles. The number of aliphatic hydroxyl groups excluding tert-OH is 1. The van der Waals surface area contributed by atoms with Crippen molar-refractivity contribution in [3.05, 3.63) is 18.2 Å². The Hall–Kier alpha value is -1.36. The number of esters is 1. The van der Waals surface area contributed by atoms with Gasteiger partial charge in [0.15, 0.2) is 0 Å². The third-order valence-corrected chi connectivity index (χ3v) is 2.62. The first-order valence-corrected chi connectivity index (χ1v) is 5.22. The Labute approximate surface area is 95.1 Å². The Balaban J connectivity index is 2.92. The van der Waals surface area contributed by atoms with Crippen molar-refractivity contribution < 1.29 is 14.6 Å². The lowest BCUT2D eigenvalue weighted by molar-refractivity contribution is -0.160. The van der Waals surface area contributed by atoms with Gasteiger partial charge in [0.05, 0.1) is 30.2 Å². The van der Waals surface area contributed by atoms with Gasteiger partial charge in [0.25, 0.3) is 0 Å². The summed E-state index contributed by atoms with van der Waals surface area (Å²) in [5.74, 6) is -0.413. The third kappa shape index (κ3) is 2.24. The molecule has 5 nitrogen and oxygen atoms in total. The SMILES string of the molecule is CCOC(=O)C(C)(C)C(O)c1cncn1C. The van der Waals surface area contributed by atoms with Crippen LogP contribution < -0.4 is 0 Å². The van der Waals surface area contributed by atoms with E-state index in [0.29, 0.717) is 12.3 Å². The number of nitrogens with zero attached hydrogens (tertiary/aromatic N) is 2. The molecule has 90 valence electrons. The number of imidazole rings is 1. The van der Waals surface area contributed by atoms with Gasteiger partial charge < -0.3 is 14.4 Å². The predicted molar refractivity (Wildman–Crippen MR) is 58.6 cm³/mol. The van der Waals surface area contributed by atoms with Crippen LogP contribution in [0.4, 0.5) is 0 Å². The molecular weight excluding hydrogens is 208 g/mol. The summed E-state index contributed by atoms with van der Waals surface area (Å²) in [4.78, 5) is 15.6. The van der Waals surface area contributed by atoms with Gasteiger partial charge in [-0.05, 0) is 20.8 Å². The van der Waals surface area contributed by atoms with Gasteiger partial charge in [-0.15, -0.1) is 0 Å². The topological polar surface area (TPSA) is 64.3 Å². The maximum atomic E-state index is 11.7. The van der Waals surface area contributed by atoms with Crippen molar-refractivity contribution in [2.75, 3.05) is 6.61 Å². The Morgan fingerprint density at radius 3 is 2.75 bits per heavy atom. The Kier molecular flexibility index (Phi) is 3.70. The minimum absolute atomic E-state index is 0.306. The summed E-state index contributed by atoms with van der Waals surface area (Å²) in [6.07, 6.45) is 2.20. The molecule has 1 rings (SSSR count). The van der Waals surface area contributed by atoms with E-state index in [1.807, 2.05) is 0 Å². The molecular formula is C11H18N2O3. The molecule has 1 unspecified atom stereocenters. The summed E-state index contributed by atoms with van der Waals surface area (Å²) in [6.45, 7) is 5.36. The largest absolute Gasteiger partial charge is 0.465 e. The Bertz CT molecular complexity index is 371. The van der Waals surface area contributed by atoms with Crippen molar-refractivity contribution in [1.82, 2.24) is 9.55 Å². The number of carbonyl (C=O) groups excluding carboxylic acids is 1. The predicted octanol–water partition coefficient (Wildman–Crippen LogP) is 1.04. The molecule has 0 aromatic carbocycles. The van der Waals surface area contributed by atoms with Crippen molar-refractivity contribution in [2.45, 2.75) is 26.9 Å². The number of hydrogen-bond acceptors (Lipinski definition) is 4. The molecule has 1 aromatic rings. The van der Waals surface area contributed by atoms with Crippen LogP contribution in [0.3, 0.4) is 0 Å². The van der Waals surface area contributed by atoms with E-state index >= 15 is 0 Å². The molecule has 16 heavy (non-hydrogen) atoms. The Morgan fingerprint density at radius 1 is 1.69 bits per heavy atom. The second kappa shape index (κ2) is 4.65. The van der Waals surface area contributed by atoms with E-state index < -0.39 is 17.5 Å². The number of hydrogen-bond donors (Lipinski definition) is 1. The lowest BCUT2D eigenvalue weighted by Gasteiger charge is -2.28. The minimum Gasteiger partial charge on any atom is -0.465 e. The molecule has 0 aliphatic rings. The normalized spacial score (nSPS) is 13.6. The van der Waals surface area contributed by atoms with E-state index in [2.05, 4.69) is 4.98 Å². The molecule has 0 radical (unpaired) electrons. The second-order valence-corrected chi connectivity index (χ2v) is 4.27. The number of ether oxygens (including phenoxy) is 1. The Morgan fingerprint density at radius 2 is 2.31 bits per heavy atom. The number of aryl methyl sites for hydroxylation is 1. The van der Waals surface area contributed by atoms with Gasteiger partial charge in [0.2, 0.25) is 0 Å². The first-order chi connectivity index (χ1) is 7.41. The average Bonchev–Trinajstić information content (AvgIpc) is 2.63. The van der Waals surface area contributed by atoms with Crippen LogP contribution in [0, 0.1) is 5.41 Å². The third-order valence-electron chi connectivity index (χ3n) is 2.62. The summed E-state index contributed by atoms with van der Waals surface area (Å²) >= 11 is 0. The van der Waals surface area contributed by atoms with Crippen molar-refractivity contribution in [2.24, 2.45) is 12.5 Å². The van der Waals surface area contributed by atoms with Crippen LogP contribution in [0.1, 0.15) is 32.6 Å². The summed E-state index contributed by atoms with van der Waals surface area (Å²) in [5, 5.41) is 10.2. The van der Waals surface area contributed by atoms with Gasteiger partial charge in [0, 0.05) is 7.05 Å². The zero-order valence-corrected chi connectivity index (χ0v) is 10.1. The quantitative estimate of drug-likeness (QED) is 0.779. The molecule has 0 aliphatic carbocycles. The molecule has 1 atom stereocenters. The van der Waals surface area contributed by atoms with Crippen LogP contribution in [0.25, 0.3) is 0 Å². The van der Waals surface area contributed by atoms with Gasteiger partial charge in [0.1, 0.15) is 6.10 Å². The molecule has 1 aromatic heterocycles. The van der Waals surface area contributed by atoms with E-state index in [-0.39, 0.29) is 0 Å². The van der Waals surface area contributed by atoms with Crippen molar-refractivity contribution in [3.8, 4) is 0 Å². The van der Waals surface area contributed by atoms with Crippen molar-refractivity contribution >= 4 is 5.97 Å². The molecule has 0 spiro atoms. The van der Waals surface area contributed by atoms with Gasteiger partial charge >= 0.3 is 5.97 Å². The fraction of sp³-hybridized carbons (Fsp3) is 0.636. The van der Waals surface area contributed by atoms with Gasteiger partial charge in [-0.3, -0.25) is 4.79 Å². The number of aliphatic hydroxyl groups is 1. The summed E-state index contributed by atoms with van der Waals surface area (Å²) < 4.78 is 6.62. The molecule has 0 saturated carbocycles. The number of rotatable bonds is 4. The highest BCUT2D eigenvalue weighted by Crippen LogP contribution is 2.34. The highest BCUT2D eigenvalue weighted by molar-refractivity contribution is 5.76. The second-order valence-electron chi connectivity index (χ2n) is 4.27. The first-order valence-electron chi connectivity index (χ1n) is 5.22. The summed E-state index contributed by atoms with van der Waals surface area (Å²) in [5.41, 5.74) is -0.387. The summed E-state index contributed by atoms with van der Waals surface area (Å²) in [6, 6.07) is 0. The smallest absolute Gasteiger partial charge is 0.314 e.